The van der Waals surface area contributed by atoms with Crippen LogP contribution in [0.25, 0.3) is 0 Å². The molecule has 0 aromatic heterocycles. The summed E-state index contributed by atoms with van der Waals surface area (Å²) in [5, 5.41) is 4.90. The highest BCUT2D eigenvalue weighted by Crippen LogP contribution is 2.35. The zero-order valence-electron chi connectivity index (χ0n) is 14.4. The third-order valence-electron chi connectivity index (χ3n) is 4.33. The number of rotatable bonds is 4. The topological polar surface area (TPSA) is 76.7 Å². The number of urea groups is 1. The zero-order chi connectivity index (χ0) is 17.6. The quantitative estimate of drug-likeness (QED) is 0.803. The second-order valence-electron chi connectivity index (χ2n) is 6.36. The molecular weight excluding hydrogens is 340 g/mol. The molecule has 2 N–H and O–H groups in total. The summed E-state index contributed by atoms with van der Waals surface area (Å²) in [6.45, 7) is 3.05. The maximum absolute atomic E-state index is 12.2. The molecule has 0 bridgehead atoms. The van der Waals surface area contributed by atoms with Crippen LogP contribution in [0, 0.1) is 0 Å². The first kappa shape index (κ1) is 17.9. The van der Waals surface area contributed by atoms with Gasteiger partial charge in [0.05, 0.1) is 18.5 Å². The number of hydrogen-bond acceptors (Lipinski definition) is 5. The van der Waals surface area contributed by atoms with Gasteiger partial charge in [-0.25, -0.2) is 4.79 Å². The Labute approximate surface area is 152 Å². The molecule has 136 valence electrons. The Morgan fingerprint density at radius 3 is 2.60 bits per heavy atom. The average molecular weight is 364 g/mol. The van der Waals surface area contributed by atoms with Gasteiger partial charge in [-0.15, -0.1) is 11.8 Å². The molecule has 1 aliphatic heterocycles. The minimum absolute atomic E-state index is 0.192. The van der Waals surface area contributed by atoms with E-state index < -0.39 is 6.03 Å². The van der Waals surface area contributed by atoms with E-state index in [1.807, 2.05) is 18.2 Å². The van der Waals surface area contributed by atoms with E-state index in [-0.39, 0.29) is 17.2 Å². The number of benzene rings is 1. The van der Waals surface area contributed by atoms with Crippen molar-refractivity contribution in [3.8, 4) is 11.5 Å². The predicted molar refractivity (Wildman–Crippen MR) is 96.3 cm³/mol. The van der Waals surface area contributed by atoms with E-state index in [1.165, 1.54) is 11.8 Å². The summed E-state index contributed by atoms with van der Waals surface area (Å²) in [7, 11) is 0. The normalized spacial score (nSPS) is 18.3. The Balaban J connectivity index is 1.52. The minimum atomic E-state index is -0.400. The maximum Gasteiger partial charge on any atom is 0.321 e. The number of nitrogens with one attached hydrogen (secondary N) is 2. The lowest BCUT2D eigenvalue weighted by Gasteiger charge is -2.15. The lowest BCUT2D eigenvalue weighted by Crippen LogP contribution is -2.45. The van der Waals surface area contributed by atoms with Crippen LogP contribution in [-0.2, 0) is 4.79 Å². The molecule has 7 heteroatoms. The van der Waals surface area contributed by atoms with Crippen LogP contribution in [0.2, 0.25) is 0 Å². The second kappa shape index (κ2) is 8.47. The summed E-state index contributed by atoms with van der Waals surface area (Å²) >= 11 is 1.39. The molecule has 1 aromatic carbocycles. The molecule has 1 aliphatic carbocycles. The summed E-state index contributed by atoms with van der Waals surface area (Å²) in [6, 6.07) is 5.44. The Morgan fingerprint density at radius 2 is 1.84 bits per heavy atom. The molecule has 1 aromatic rings. The molecule has 0 saturated heterocycles. The molecule has 1 heterocycles. The highest BCUT2D eigenvalue weighted by molar-refractivity contribution is 8.00. The van der Waals surface area contributed by atoms with Crippen LogP contribution in [0.5, 0.6) is 11.5 Å². The van der Waals surface area contributed by atoms with Crippen molar-refractivity contribution in [2.75, 3.05) is 13.2 Å². The monoisotopic (exact) mass is 364 g/mol. The summed E-state index contributed by atoms with van der Waals surface area (Å²) < 4.78 is 11.3. The lowest BCUT2D eigenvalue weighted by atomic mass is 10.2. The van der Waals surface area contributed by atoms with Crippen molar-refractivity contribution < 1.29 is 19.1 Å². The average Bonchev–Trinajstić information content (AvgIpc) is 2.97. The highest BCUT2D eigenvalue weighted by Gasteiger charge is 2.21. The third-order valence-corrected chi connectivity index (χ3v) is 5.42. The Kier molecular flexibility index (Phi) is 6.07. The van der Waals surface area contributed by atoms with E-state index in [2.05, 4.69) is 10.6 Å². The summed E-state index contributed by atoms with van der Waals surface area (Å²) in [5.41, 5.74) is 0. The van der Waals surface area contributed by atoms with Crippen molar-refractivity contribution in [3.63, 3.8) is 0 Å². The number of imide groups is 1. The van der Waals surface area contributed by atoms with Crippen LogP contribution in [0.4, 0.5) is 4.79 Å². The smallest absolute Gasteiger partial charge is 0.321 e. The van der Waals surface area contributed by atoms with Gasteiger partial charge in [0.2, 0.25) is 5.91 Å². The van der Waals surface area contributed by atoms with Gasteiger partial charge in [-0.1, -0.05) is 12.8 Å². The molecule has 0 spiro atoms. The van der Waals surface area contributed by atoms with Crippen molar-refractivity contribution in [3.05, 3.63) is 18.2 Å². The summed E-state index contributed by atoms with van der Waals surface area (Å²) in [6.07, 6.45) is 5.10. The van der Waals surface area contributed by atoms with Crippen molar-refractivity contribution >= 4 is 23.7 Å². The third kappa shape index (κ3) is 5.04. The number of carbonyl (C=O) groups is 2. The van der Waals surface area contributed by atoms with Gasteiger partial charge < -0.3 is 14.8 Å². The van der Waals surface area contributed by atoms with E-state index in [0.29, 0.717) is 19.0 Å². The fourth-order valence-electron chi connectivity index (χ4n) is 2.98. The molecule has 25 heavy (non-hydrogen) atoms. The molecule has 1 fully saturated rings. The molecule has 3 rings (SSSR count). The van der Waals surface area contributed by atoms with Crippen molar-refractivity contribution in [2.24, 2.45) is 0 Å². The second-order valence-corrected chi connectivity index (χ2v) is 7.78. The highest BCUT2D eigenvalue weighted by atomic mass is 32.2. The van der Waals surface area contributed by atoms with Gasteiger partial charge in [0.25, 0.3) is 0 Å². The van der Waals surface area contributed by atoms with Gasteiger partial charge in [-0.2, -0.15) is 0 Å². The first-order valence-corrected chi connectivity index (χ1v) is 9.67. The fourth-order valence-corrected chi connectivity index (χ4v) is 3.88. The number of hydrogen-bond donors (Lipinski definition) is 2. The van der Waals surface area contributed by atoms with E-state index >= 15 is 0 Å². The van der Waals surface area contributed by atoms with Gasteiger partial charge in [0, 0.05) is 17.4 Å². The van der Waals surface area contributed by atoms with Gasteiger partial charge in [0.15, 0.2) is 11.5 Å². The Morgan fingerprint density at radius 1 is 1.12 bits per heavy atom. The summed E-state index contributed by atoms with van der Waals surface area (Å²) in [4.78, 5) is 25.0. The van der Waals surface area contributed by atoms with Crippen LogP contribution in [0.3, 0.4) is 0 Å². The van der Waals surface area contributed by atoms with Crippen molar-refractivity contribution in [1.82, 2.24) is 10.6 Å². The minimum Gasteiger partial charge on any atom is -0.490 e. The molecule has 6 nitrogen and oxygen atoms in total. The number of carbonyl (C=O) groups excluding carboxylic acids is 2. The number of ether oxygens (including phenoxy) is 2. The van der Waals surface area contributed by atoms with Crippen LogP contribution in [0.1, 0.15) is 39.0 Å². The summed E-state index contributed by atoms with van der Waals surface area (Å²) in [5.74, 6) is 1.14. The predicted octanol–water partition coefficient (Wildman–Crippen LogP) is 3.10. The molecule has 2 aliphatic rings. The van der Waals surface area contributed by atoms with Crippen LogP contribution in [-0.4, -0.2) is 36.4 Å². The number of thioether (sulfide) groups is 1. The van der Waals surface area contributed by atoms with E-state index in [9.17, 15) is 9.59 Å². The van der Waals surface area contributed by atoms with E-state index in [4.69, 9.17) is 9.47 Å². The maximum atomic E-state index is 12.2. The fraction of sp³-hybridized carbons (Fsp3) is 0.556. The first-order chi connectivity index (χ1) is 12.1. The molecule has 0 radical (unpaired) electrons. The van der Waals surface area contributed by atoms with Crippen LogP contribution < -0.4 is 20.1 Å². The molecular formula is C18H24N2O4S. The number of fused-ring (bicyclic) bond motifs is 1. The molecule has 1 atom stereocenters. The first-order valence-electron chi connectivity index (χ1n) is 8.79. The lowest BCUT2D eigenvalue weighted by molar-refractivity contribution is -0.119. The van der Waals surface area contributed by atoms with Gasteiger partial charge in [-0.05, 0) is 38.0 Å². The SMILES string of the molecule is C[C@H](Sc1ccc2c(c1)OCCCO2)C(=O)NC(=O)NC1CCCC1. The Bertz CT molecular complexity index is 632. The molecule has 1 saturated carbocycles. The van der Waals surface area contributed by atoms with Gasteiger partial charge in [-0.3, -0.25) is 10.1 Å². The zero-order valence-corrected chi connectivity index (χ0v) is 15.2. The molecule has 3 amide bonds. The molecule has 0 unspecified atom stereocenters. The van der Waals surface area contributed by atoms with Crippen molar-refractivity contribution in [1.29, 1.82) is 0 Å². The van der Waals surface area contributed by atoms with Crippen LogP contribution >= 0.6 is 11.8 Å². The van der Waals surface area contributed by atoms with E-state index in [0.717, 1.165) is 42.7 Å². The Hall–Kier alpha value is -1.89. The standard InChI is InChI=1S/C18H24N2O4S/c1-12(17(21)20-18(22)19-13-5-2-3-6-13)25-14-7-8-15-16(11-14)24-10-4-9-23-15/h7-8,11-13H,2-6,9-10H2,1H3,(H2,19,20,21,22)/t12-/m0/s1. The van der Waals surface area contributed by atoms with Gasteiger partial charge >= 0.3 is 6.03 Å². The largest absolute Gasteiger partial charge is 0.490 e. The number of amides is 3. The van der Waals surface area contributed by atoms with Gasteiger partial charge in [0.1, 0.15) is 0 Å². The van der Waals surface area contributed by atoms with Crippen LogP contribution in [0.15, 0.2) is 23.1 Å². The van der Waals surface area contributed by atoms with Crippen molar-refractivity contribution in [2.45, 2.75) is 55.2 Å². The van der Waals surface area contributed by atoms with E-state index in [1.54, 1.807) is 6.92 Å².